The molecule has 1 nitrogen and oxygen atoms in total. The third-order valence-corrected chi connectivity index (χ3v) is 2.67. The van der Waals surface area contributed by atoms with E-state index in [1.807, 2.05) is 0 Å². The first-order valence-corrected chi connectivity index (χ1v) is 4.82. The average molecular weight is 200 g/mol. The number of alkyl halides is 2. The Morgan fingerprint density at radius 1 is 1.67 bits per heavy atom. The molecule has 6 heavy (non-hydrogen) atoms. The summed E-state index contributed by atoms with van der Waals surface area (Å²) in [6, 6.07) is 0. The third kappa shape index (κ3) is 4.69. The molecule has 0 aliphatic heterocycles. The molecule has 2 N–H and O–H groups in total. The van der Waals surface area contributed by atoms with Gasteiger partial charge in [-0.1, -0.05) is 0 Å². The fraction of sp³-hybridized carbons (Fsp3) is 1.00. The quantitative estimate of drug-likeness (QED) is 0.295. The van der Waals surface area contributed by atoms with Crippen LogP contribution in [0.25, 0.3) is 0 Å². The second-order valence-corrected chi connectivity index (χ2v) is 5.58. The SMILES string of the molecule is CC(C)[I-]CN. The summed E-state index contributed by atoms with van der Waals surface area (Å²) >= 11 is 0.346. The van der Waals surface area contributed by atoms with Crippen LogP contribution in [-0.2, 0) is 0 Å². The van der Waals surface area contributed by atoms with Gasteiger partial charge in [0, 0.05) is 0 Å². The van der Waals surface area contributed by atoms with Gasteiger partial charge >= 0.3 is 49.3 Å². The molecule has 2 heteroatoms. The van der Waals surface area contributed by atoms with Crippen LogP contribution in [-0.4, -0.2) is 8.48 Å². The van der Waals surface area contributed by atoms with Gasteiger partial charge in [-0.25, -0.2) is 0 Å². The molecule has 0 aromatic rings. The van der Waals surface area contributed by atoms with Crippen molar-refractivity contribution in [2.24, 2.45) is 5.73 Å². The first kappa shape index (κ1) is 6.69. The topological polar surface area (TPSA) is 26.0 Å². The molecule has 40 valence electrons. The van der Waals surface area contributed by atoms with Gasteiger partial charge in [-0.2, -0.15) is 0 Å². The summed E-state index contributed by atoms with van der Waals surface area (Å²) in [4.78, 5) is 0. The van der Waals surface area contributed by atoms with E-state index in [4.69, 9.17) is 5.73 Å². The molecule has 0 rings (SSSR count). The molecule has 0 aliphatic rings. The van der Waals surface area contributed by atoms with Gasteiger partial charge in [-0.05, 0) is 0 Å². The summed E-state index contributed by atoms with van der Waals surface area (Å²) in [6.07, 6.45) is 0. The fourth-order valence-electron chi connectivity index (χ4n) is 0.178. The van der Waals surface area contributed by atoms with Crippen molar-refractivity contribution in [3.63, 3.8) is 0 Å². The van der Waals surface area contributed by atoms with Crippen molar-refractivity contribution in [3.8, 4) is 0 Å². The molecule has 0 aliphatic carbocycles. The van der Waals surface area contributed by atoms with Gasteiger partial charge in [0.05, 0.1) is 0 Å². The molecule has 0 unspecified atom stereocenters. The van der Waals surface area contributed by atoms with E-state index in [9.17, 15) is 0 Å². The Kier molecular flexibility index (Phi) is 4.31. The Labute approximate surface area is 49.6 Å². The Bertz CT molecular complexity index is 28.7. The van der Waals surface area contributed by atoms with E-state index < -0.39 is 0 Å². The first-order valence-electron chi connectivity index (χ1n) is 2.05. The van der Waals surface area contributed by atoms with Crippen LogP contribution in [0.4, 0.5) is 0 Å². The van der Waals surface area contributed by atoms with Crippen molar-refractivity contribution in [2.75, 3.05) is 4.55 Å². The number of rotatable bonds is 2. The van der Waals surface area contributed by atoms with Crippen LogP contribution in [0.1, 0.15) is 13.8 Å². The third-order valence-electron chi connectivity index (χ3n) is 0.398. The Morgan fingerprint density at radius 2 is 2.17 bits per heavy atom. The van der Waals surface area contributed by atoms with Crippen LogP contribution < -0.4 is 26.9 Å². The minimum absolute atomic E-state index is 0.346. The van der Waals surface area contributed by atoms with Gasteiger partial charge in [0.15, 0.2) is 0 Å². The molecular weight excluding hydrogens is 189 g/mol. The van der Waals surface area contributed by atoms with Crippen LogP contribution in [0.5, 0.6) is 0 Å². The molecule has 0 saturated carbocycles. The van der Waals surface area contributed by atoms with Gasteiger partial charge in [-0.15, -0.1) is 0 Å². The van der Waals surface area contributed by atoms with Crippen LogP contribution in [0, 0.1) is 0 Å². The van der Waals surface area contributed by atoms with Crippen molar-refractivity contribution < 1.29 is 21.2 Å². The fourth-order valence-corrected chi connectivity index (χ4v) is 1.20. The number of hydrogen-bond donors (Lipinski definition) is 1. The predicted octanol–water partition coefficient (Wildman–Crippen LogP) is -2.60. The molecule has 0 heterocycles. The molecule has 0 aromatic heterocycles. The number of halogens is 1. The maximum atomic E-state index is 5.28. The molecule has 0 radical (unpaired) electrons. The molecule has 0 spiro atoms. The Morgan fingerprint density at radius 3 is 2.17 bits per heavy atom. The molecule has 0 aromatic carbocycles. The summed E-state index contributed by atoms with van der Waals surface area (Å²) in [6.45, 7) is 4.44. The van der Waals surface area contributed by atoms with Gasteiger partial charge in [0.25, 0.3) is 0 Å². The van der Waals surface area contributed by atoms with Crippen molar-refractivity contribution in [1.29, 1.82) is 0 Å². The number of hydrogen-bond acceptors (Lipinski definition) is 1. The van der Waals surface area contributed by atoms with E-state index in [2.05, 4.69) is 13.8 Å². The van der Waals surface area contributed by atoms with Crippen LogP contribution in [0.2, 0.25) is 0 Å². The normalized spacial score (nSPS) is 10.7. The summed E-state index contributed by atoms with van der Waals surface area (Å²) in [7, 11) is 0. The van der Waals surface area contributed by atoms with E-state index in [1.54, 1.807) is 0 Å². The Balaban J connectivity index is 2.63. The molecule has 0 fully saturated rings. The molecule has 0 amide bonds. The minimum atomic E-state index is 0.346. The Hall–Kier alpha value is 0.690. The van der Waals surface area contributed by atoms with Crippen LogP contribution in [0.15, 0.2) is 0 Å². The summed E-state index contributed by atoms with van der Waals surface area (Å²) < 4.78 is 1.82. The van der Waals surface area contributed by atoms with Crippen molar-refractivity contribution in [3.05, 3.63) is 0 Å². The predicted molar refractivity (Wildman–Crippen MR) is 24.2 cm³/mol. The van der Waals surface area contributed by atoms with Crippen molar-refractivity contribution >= 4 is 0 Å². The van der Waals surface area contributed by atoms with Crippen molar-refractivity contribution in [2.45, 2.75) is 17.8 Å². The van der Waals surface area contributed by atoms with Crippen molar-refractivity contribution in [1.82, 2.24) is 0 Å². The van der Waals surface area contributed by atoms with Gasteiger partial charge in [0.2, 0.25) is 0 Å². The van der Waals surface area contributed by atoms with E-state index in [-0.39, 0.29) is 0 Å². The van der Waals surface area contributed by atoms with Crippen LogP contribution >= 0.6 is 0 Å². The van der Waals surface area contributed by atoms with Gasteiger partial charge < -0.3 is 0 Å². The number of nitrogens with two attached hydrogens (primary N) is 1. The first-order chi connectivity index (χ1) is 2.77. The van der Waals surface area contributed by atoms with E-state index in [0.717, 1.165) is 8.48 Å². The van der Waals surface area contributed by atoms with Gasteiger partial charge in [0.1, 0.15) is 0 Å². The molecular formula is C4H11IN-. The van der Waals surface area contributed by atoms with Gasteiger partial charge in [-0.3, -0.25) is 0 Å². The second-order valence-electron chi connectivity index (χ2n) is 1.32. The van der Waals surface area contributed by atoms with E-state index in [1.165, 1.54) is 0 Å². The summed E-state index contributed by atoms with van der Waals surface area (Å²) in [5.74, 6) is 0. The molecule has 0 atom stereocenters. The zero-order valence-electron chi connectivity index (χ0n) is 4.24. The summed E-state index contributed by atoms with van der Waals surface area (Å²) in [5.41, 5.74) is 5.28. The maximum absolute atomic E-state index is 5.28. The molecule has 0 bridgehead atoms. The average Bonchev–Trinajstić information content (AvgIpc) is 1.35. The van der Waals surface area contributed by atoms with E-state index in [0.29, 0.717) is 21.2 Å². The molecule has 0 saturated heterocycles. The monoisotopic (exact) mass is 200 g/mol. The second kappa shape index (κ2) is 3.87. The van der Waals surface area contributed by atoms with Crippen LogP contribution in [0.3, 0.4) is 0 Å². The zero-order chi connectivity index (χ0) is 4.99. The zero-order valence-corrected chi connectivity index (χ0v) is 6.40. The summed E-state index contributed by atoms with van der Waals surface area (Å²) in [5, 5.41) is 0. The standard InChI is InChI=1S/C4H11IN/c1-4(2)5-3-6/h4H,3,6H2,1-2H3/q-1. The van der Waals surface area contributed by atoms with E-state index >= 15 is 0 Å².